The minimum absolute atomic E-state index is 0.00591. The average Bonchev–Trinajstić information content (AvgIpc) is 0.757. The number of carbonyl (C=O) groups excluding carboxylic acids is 8. The molecule has 0 aliphatic carbocycles. The predicted octanol–water partition coefficient (Wildman–Crippen LogP) is 10.4. The van der Waals surface area contributed by atoms with Gasteiger partial charge in [-0.05, 0) is 118 Å². The van der Waals surface area contributed by atoms with Gasteiger partial charge in [-0.15, -0.1) is 11.6 Å². The maximum atomic E-state index is 15.2. The molecule has 20 atom stereocenters. The van der Waals surface area contributed by atoms with E-state index in [1.165, 1.54) is 106 Å². The summed E-state index contributed by atoms with van der Waals surface area (Å²) in [6.45, 7) is 5.79. The first kappa shape index (κ1) is 77.1. The van der Waals surface area contributed by atoms with Gasteiger partial charge in [0.05, 0.1) is 70.0 Å². The zero-order valence-electron chi connectivity index (χ0n) is 58.7. The first-order valence-corrected chi connectivity index (χ1v) is 35.4. The second-order valence-electron chi connectivity index (χ2n) is 25.7. The predicted molar refractivity (Wildman–Crippen MR) is 379 cm³/mol. The van der Waals surface area contributed by atoms with Crippen LogP contribution in [0, 0.1) is 0 Å². The summed E-state index contributed by atoms with van der Waals surface area (Å²) in [4.78, 5) is 116. The van der Waals surface area contributed by atoms with Crippen LogP contribution in [0.1, 0.15) is 106 Å². The molecule has 108 heavy (non-hydrogen) atoms. The summed E-state index contributed by atoms with van der Waals surface area (Å²) >= 11 is 6.16. The maximum Gasteiger partial charge on any atom is 0.338 e. The van der Waals surface area contributed by atoms with Crippen LogP contribution in [0.3, 0.4) is 0 Å². The van der Waals surface area contributed by atoms with E-state index in [4.69, 9.17) is 87.4 Å². The van der Waals surface area contributed by atoms with E-state index in [9.17, 15) is 33.9 Å². The Labute approximate surface area is 625 Å². The van der Waals surface area contributed by atoms with Crippen molar-refractivity contribution in [3.05, 3.63) is 287 Å². The fourth-order valence-corrected chi connectivity index (χ4v) is 12.8. The molecule has 562 valence electrons. The van der Waals surface area contributed by atoms with Gasteiger partial charge in [0.1, 0.15) is 24.2 Å². The molecule has 12 rings (SSSR count). The number of esters is 8. The van der Waals surface area contributed by atoms with Crippen LogP contribution in [0.4, 0.5) is 0 Å². The Kier molecular flexibility index (Phi) is 26.0. The van der Waals surface area contributed by atoms with Crippen molar-refractivity contribution < 1.29 is 119 Å². The molecule has 0 spiro atoms. The van der Waals surface area contributed by atoms with E-state index < -0.39 is 176 Å². The SMILES string of the molecule is C[C@@H]1O[C@@H](OCc2ccccc2)[C@H](O[C@@H]2O[C@@H](C)[C@H](OC(=O)c3ccccc3)[C@@H](OC(=O)c3ccccc3)[C@H]2O[C@@H]2O[C@@H](C)[C@H](OC(=O)c3ccccc3)[C@@H](O[C@@H]3O[C@@H](C)[C@H](OC(=O)c4ccccc4)[C@@H](OC(=O)CCl)[C@H]3OC(=O)c3ccccc3)[C@H]2OC(=O)c2ccccc2)[C@H](O)[C@H]1OC(=O)c1ccccc1. The number of aliphatic hydroxyl groups excluding tert-OH is 1. The number of ether oxygens (including phenoxy) is 16. The third-order valence-corrected chi connectivity index (χ3v) is 18.4. The van der Waals surface area contributed by atoms with Crippen molar-refractivity contribution in [1.82, 2.24) is 0 Å². The fraction of sp³-hybridized carbons (Fsp3) is 0.317. The van der Waals surface area contributed by atoms with Crippen molar-refractivity contribution in [1.29, 1.82) is 0 Å². The topological polar surface area (TPSA) is 304 Å². The minimum Gasteiger partial charge on any atom is -0.453 e. The van der Waals surface area contributed by atoms with Crippen molar-refractivity contribution in [3.8, 4) is 0 Å². The molecule has 0 aromatic heterocycles. The zero-order chi connectivity index (χ0) is 75.8. The number of hydrogen-bond acceptors (Lipinski definition) is 25. The lowest BCUT2D eigenvalue weighted by atomic mass is 9.95. The first-order valence-electron chi connectivity index (χ1n) is 34.9. The average molecular weight is 1500 g/mol. The van der Waals surface area contributed by atoms with Gasteiger partial charge in [0, 0.05) is 0 Å². The third kappa shape index (κ3) is 18.9. The molecule has 4 aliphatic rings. The Morgan fingerprint density at radius 2 is 0.528 bits per heavy atom. The highest BCUT2D eigenvalue weighted by Gasteiger charge is 2.61. The van der Waals surface area contributed by atoms with Crippen molar-refractivity contribution >= 4 is 59.4 Å². The number of aliphatic hydroxyl groups is 1. The number of hydrogen-bond donors (Lipinski definition) is 1. The van der Waals surface area contributed by atoms with Crippen molar-refractivity contribution in [2.75, 3.05) is 5.88 Å². The number of rotatable bonds is 25. The molecular formula is C82H77ClO25. The van der Waals surface area contributed by atoms with Gasteiger partial charge < -0.3 is 80.9 Å². The Morgan fingerprint density at radius 1 is 0.287 bits per heavy atom. The first-order chi connectivity index (χ1) is 52.4. The molecular weight excluding hydrogens is 1420 g/mol. The van der Waals surface area contributed by atoms with E-state index in [1.54, 1.807) is 165 Å². The Hall–Kier alpha value is -10.6. The van der Waals surface area contributed by atoms with Gasteiger partial charge in [-0.1, -0.05) is 158 Å². The molecule has 0 amide bonds. The molecule has 8 aromatic carbocycles. The van der Waals surface area contributed by atoms with Crippen molar-refractivity contribution in [2.24, 2.45) is 0 Å². The second kappa shape index (κ2) is 36.4. The Balaban J connectivity index is 1.01. The maximum absolute atomic E-state index is 15.2. The molecule has 0 radical (unpaired) electrons. The van der Waals surface area contributed by atoms with Crippen LogP contribution in [-0.2, 0) is 87.2 Å². The third-order valence-electron chi connectivity index (χ3n) is 18.2. The number of alkyl halides is 1. The molecule has 0 unspecified atom stereocenters. The minimum atomic E-state index is -2.13. The van der Waals surface area contributed by atoms with Gasteiger partial charge in [0.15, 0.2) is 80.1 Å². The van der Waals surface area contributed by atoms with Gasteiger partial charge >= 0.3 is 47.8 Å². The van der Waals surface area contributed by atoms with Crippen LogP contribution in [-0.4, -0.2) is 182 Å². The standard InChI is InChI=1S/C82H77ClO25/c1-47-61(99-72(86)52-31-15-6-16-32-52)60(85)65(79(94-47)93-46-51-29-13-5-14-30-51)106-82-71(67(103-76(90)56-39-23-10-24-40-56)63(49(3)97-82)101-74(88)54-35-19-8-20-36-54)108-81-70(105-78(92)58-43-27-12-28-44-58)68(64(50(4)96-81)102-75(89)55-37-21-9-22-38-55)107-80-69(104-77(91)57-41-25-11-26-42-57)66(98-59(84)45-83)62(48(2)95-80)100-73(87)53-33-17-7-18-34-53/h5-44,47-50,60-71,79-82,85H,45-46H2,1-4H3/t47-,48-,49-,50-,60+,61-,62-,63-,64-,65+,66+,67+,68+,69+,70+,71+,79+,80-,81-,82-/m0/s1. The largest absolute Gasteiger partial charge is 0.453 e. The molecule has 0 saturated carbocycles. The Morgan fingerprint density at radius 3 is 0.870 bits per heavy atom. The van der Waals surface area contributed by atoms with Gasteiger partial charge in [-0.25, -0.2) is 33.6 Å². The Bertz CT molecular complexity index is 4310. The summed E-state index contributed by atoms with van der Waals surface area (Å²) in [7, 11) is 0. The smallest absolute Gasteiger partial charge is 0.338 e. The number of halogens is 1. The highest BCUT2D eigenvalue weighted by molar-refractivity contribution is 6.26. The van der Waals surface area contributed by atoms with Crippen LogP contribution in [0.25, 0.3) is 0 Å². The van der Waals surface area contributed by atoms with E-state index in [-0.39, 0.29) is 45.6 Å². The van der Waals surface area contributed by atoms with Crippen LogP contribution < -0.4 is 0 Å². The summed E-state index contributed by atoms with van der Waals surface area (Å²) < 4.78 is 105. The van der Waals surface area contributed by atoms with Crippen LogP contribution >= 0.6 is 11.6 Å². The van der Waals surface area contributed by atoms with Crippen molar-refractivity contribution in [2.45, 2.75) is 157 Å². The van der Waals surface area contributed by atoms with Crippen molar-refractivity contribution in [3.63, 3.8) is 0 Å². The van der Waals surface area contributed by atoms with Gasteiger partial charge in [0.25, 0.3) is 0 Å². The number of benzene rings is 8. The quantitative estimate of drug-likeness (QED) is 0.0316. The van der Waals surface area contributed by atoms with Gasteiger partial charge in [0.2, 0.25) is 0 Å². The van der Waals surface area contributed by atoms with E-state index in [0.717, 1.165) is 0 Å². The molecule has 0 bridgehead atoms. The molecule has 4 fully saturated rings. The monoisotopic (exact) mass is 1500 g/mol. The van der Waals surface area contributed by atoms with Crippen LogP contribution in [0.5, 0.6) is 0 Å². The van der Waals surface area contributed by atoms with Crippen LogP contribution in [0.2, 0.25) is 0 Å². The number of carbonyl (C=O) groups is 8. The molecule has 4 saturated heterocycles. The lowest BCUT2D eigenvalue weighted by Crippen LogP contribution is -2.68. The molecule has 25 nitrogen and oxygen atoms in total. The van der Waals surface area contributed by atoms with Gasteiger partial charge in [-0.3, -0.25) is 4.79 Å². The van der Waals surface area contributed by atoms with E-state index >= 15 is 9.59 Å². The molecule has 4 aliphatic heterocycles. The summed E-state index contributed by atoms with van der Waals surface area (Å²) in [6, 6.07) is 63.3. The molecule has 26 heteroatoms. The lowest BCUT2D eigenvalue weighted by molar-refractivity contribution is -0.394. The van der Waals surface area contributed by atoms with E-state index in [0.29, 0.717) is 5.56 Å². The highest BCUT2D eigenvalue weighted by Crippen LogP contribution is 2.41. The molecule has 4 heterocycles. The van der Waals surface area contributed by atoms with Gasteiger partial charge in [-0.2, -0.15) is 0 Å². The molecule has 1 N–H and O–H groups in total. The fourth-order valence-electron chi connectivity index (χ4n) is 12.8. The second-order valence-corrected chi connectivity index (χ2v) is 25.9. The van der Waals surface area contributed by atoms with Crippen LogP contribution in [0.15, 0.2) is 243 Å². The highest BCUT2D eigenvalue weighted by atomic mass is 35.5. The van der Waals surface area contributed by atoms with E-state index in [2.05, 4.69) is 0 Å². The van der Waals surface area contributed by atoms with E-state index in [1.807, 2.05) is 0 Å². The molecule has 8 aromatic rings. The summed E-state index contributed by atoms with van der Waals surface area (Å²) in [6.07, 6.45) is -35.1. The zero-order valence-corrected chi connectivity index (χ0v) is 59.4. The summed E-state index contributed by atoms with van der Waals surface area (Å²) in [5.74, 6) is -8.63. The lowest BCUT2D eigenvalue weighted by Gasteiger charge is -2.51. The normalized spacial score (nSPS) is 28.1. The summed E-state index contributed by atoms with van der Waals surface area (Å²) in [5.41, 5.74) is 0.846. The summed E-state index contributed by atoms with van der Waals surface area (Å²) in [5, 5.41) is 12.9.